The summed E-state index contributed by atoms with van der Waals surface area (Å²) < 4.78 is 2.30. The van der Waals surface area contributed by atoms with Crippen LogP contribution in [0.2, 0.25) is 0 Å². The lowest BCUT2D eigenvalue weighted by Gasteiger charge is -2.05. The second kappa shape index (κ2) is 5.15. The minimum absolute atomic E-state index is 0.930. The highest BCUT2D eigenvalue weighted by molar-refractivity contribution is 5.63. The van der Waals surface area contributed by atoms with E-state index in [1.54, 1.807) is 0 Å². The minimum atomic E-state index is 0.930. The van der Waals surface area contributed by atoms with Gasteiger partial charge in [-0.05, 0) is 29.7 Å². The van der Waals surface area contributed by atoms with Gasteiger partial charge in [0, 0.05) is 18.4 Å². The van der Waals surface area contributed by atoms with Crippen LogP contribution in [-0.2, 0) is 6.54 Å². The Hall–Kier alpha value is -2.28. The molecule has 0 aliphatic carbocycles. The molecular formula is C18H17N. The van der Waals surface area contributed by atoms with E-state index in [-0.39, 0.29) is 0 Å². The quantitative estimate of drug-likeness (QED) is 0.641. The van der Waals surface area contributed by atoms with Gasteiger partial charge >= 0.3 is 0 Å². The summed E-state index contributed by atoms with van der Waals surface area (Å²) in [6.07, 6.45) is 2.23. The molecule has 0 atom stereocenters. The Labute approximate surface area is 114 Å². The number of rotatable bonds is 3. The van der Waals surface area contributed by atoms with E-state index in [4.69, 9.17) is 0 Å². The van der Waals surface area contributed by atoms with Crippen molar-refractivity contribution < 1.29 is 0 Å². The van der Waals surface area contributed by atoms with Crippen molar-refractivity contribution in [1.82, 2.24) is 4.57 Å². The molecule has 0 unspecified atom stereocenters. The molecule has 3 aromatic rings. The van der Waals surface area contributed by atoms with Gasteiger partial charge in [0.15, 0.2) is 0 Å². The van der Waals surface area contributed by atoms with E-state index in [9.17, 15) is 0 Å². The summed E-state index contributed by atoms with van der Waals surface area (Å²) in [5, 5.41) is 0. The summed E-state index contributed by atoms with van der Waals surface area (Å²) >= 11 is 0. The lowest BCUT2D eigenvalue weighted by Crippen LogP contribution is -1.99. The van der Waals surface area contributed by atoms with Gasteiger partial charge in [-0.3, -0.25) is 0 Å². The molecule has 1 heterocycles. The van der Waals surface area contributed by atoms with Gasteiger partial charge in [0.05, 0.1) is 0 Å². The Balaban J connectivity index is 1.90. The van der Waals surface area contributed by atoms with Gasteiger partial charge in [-0.2, -0.15) is 0 Å². The fraction of sp³-hybridized carbons (Fsp3) is 0.111. The van der Waals surface area contributed by atoms with Crippen molar-refractivity contribution in [3.63, 3.8) is 0 Å². The van der Waals surface area contributed by atoms with E-state index < -0.39 is 0 Å². The number of hydrogen-bond donors (Lipinski definition) is 0. The second-order valence-corrected chi connectivity index (χ2v) is 4.85. The number of benzene rings is 2. The Kier molecular flexibility index (Phi) is 3.20. The number of nitrogens with zero attached hydrogens (tertiary/aromatic N) is 1. The normalized spacial score (nSPS) is 10.6. The Morgan fingerprint density at radius 3 is 2.11 bits per heavy atom. The zero-order valence-electron chi connectivity index (χ0n) is 11.1. The van der Waals surface area contributed by atoms with Crippen LogP contribution in [0.5, 0.6) is 0 Å². The molecule has 0 aliphatic heterocycles. The molecule has 1 aromatic heterocycles. The average molecular weight is 247 g/mol. The van der Waals surface area contributed by atoms with Crippen molar-refractivity contribution in [2.45, 2.75) is 13.5 Å². The Bertz CT molecular complexity index is 651. The molecule has 2 aromatic carbocycles. The zero-order valence-corrected chi connectivity index (χ0v) is 11.1. The van der Waals surface area contributed by atoms with Crippen LogP contribution in [0.25, 0.3) is 11.1 Å². The molecule has 19 heavy (non-hydrogen) atoms. The maximum Gasteiger partial charge on any atom is 0.0472 e. The number of aromatic nitrogens is 1. The largest absolute Gasteiger partial charge is 0.347 e. The van der Waals surface area contributed by atoms with Crippen LogP contribution in [0.4, 0.5) is 0 Å². The first-order valence-corrected chi connectivity index (χ1v) is 6.59. The molecule has 0 spiro atoms. The first-order chi connectivity index (χ1) is 9.33. The van der Waals surface area contributed by atoms with Crippen molar-refractivity contribution in [3.8, 4) is 11.1 Å². The molecule has 0 radical (unpaired) electrons. The molecule has 3 rings (SSSR count). The van der Waals surface area contributed by atoms with E-state index in [1.807, 2.05) is 0 Å². The third-order valence-corrected chi connectivity index (χ3v) is 3.42. The van der Waals surface area contributed by atoms with Crippen LogP contribution < -0.4 is 0 Å². The molecule has 1 nitrogen and oxygen atoms in total. The van der Waals surface area contributed by atoms with Crippen molar-refractivity contribution in [2.24, 2.45) is 0 Å². The highest BCUT2D eigenvalue weighted by Gasteiger charge is 2.04. The van der Waals surface area contributed by atoms with Crippen LogP contribution in [-0.4, -0.2) is 4.57 Å². The van der Waals surface area contributed by atoms with Crippen LogP contribution in [0.1, 0.15) is 11.3 Å². The van der Waals surface area contributed by atoms with Gasteiger partial charge in [0.2, 0.25) is 0 Å². The van der Waals surface area contributed by atoms with Crippen LogP contribution in [0.3, 0.4) is 0 Å². The van der Waals surface area contributed by atoms with Crippen LogP contribution in [0, 0.1) is 6.92 Å². The van der Waals surface area contributed by atoms with Gasteiger partial charge in [0.1, 0.15) is 0 Å². The van der Waals surface area contributed by atoms with Gasteiger partial charge < -0.3 is 4.57 Å². The van der Waals surface area contributed by atoms with Crippen LogP contribution in [0.15, 0.2) is 72.9 Å². The SMILES string of the molecule is Cc1cc(-c2ccccc2)cn1Cc1ccccc1. The predicted molar refractivity (Wildman–Crippen MR) is 80.1 cm³/mol. The molecular weight excluding hydrogens is 230 g/mol. The molecule has 0 saturated heterocycles. The summed E-state index contributed by atoms with van der Waals surface area (Å²) in [5.74, 6) is 0. The first kappa shape index (κ1) is 11.8. The standard InChI is InChI=1S/C18H17N/c1-15-12-18(17-10-6-3-7-11-17)14-19(15)13-16-8-4-2-5-9-16/h2-12,14H,13H2,1H3. The third-order valence-electron chi connectivity index (χ3n) is 3.42. The number of hydrogen-bond acceptors (Lipinski definition) is 0. The van der Waals surface area contributed by atoms with Gasteiger partial charge in [0.25, 0.3) is 0 Å². The van der Waals surface area contributed by atoms with Gasteiger partial charge in [-0.25, -0.2) is 0 Å². The van der Waals surface area contributed by atoms with Crippen molar-refractivity contribution >= 4 is 0 Å². The molecule has 0 aliphatic rings. The highest BCUT2D eigenvalue weighted by Crippen LogP contribution is 2.22. The zero-order chi connectivity index (χ0) is 13.1. The van der Waals surface area contributed by atoms with Gasteiger partial charge in [-0.15, -0.1) is 0 Å². The predicted octanol–water partition coefficient (Wildman–Crippen LogP) is 4.51. The summed E-state index contributed by atoms with van der Waals surface area (Å²) in [7, 11) is 0. The summed E-state index contributed by atoms with van der Waals surface area (Å²) in [5.41, 5.74) is 5.19. The van der Waals surface area contributed by atoms with E-state index in [0.29, 0.717) is 0 Å². The molecule has 0 N–H and O–H groups in total. The monoisotopic (exact) mass is 247 g/mol. The molecule has 0 fully saturated rings. The van der Waals surface area contributed by atoms with Gasteiger partial charge in [-0.1, -0.05) is 60.7 Å². The molecule has 94 valence electrons. The second-order valence-electron chi connectivity index (χ2n) is 4.85. The third kappa shape index (κ3) is 2.60. The Morgan fingerprint density at radius 2 is 1.42 bits per heavy atom. The van der Waals surface area contributed by atoms with E-state index in [2.05, 4.69) is 84.4 Å². The lowest BCUT2D eigenvalue weighted by atomic mass is 10.1. The fourth-order valence-electron chi connectivity index (χ4n) is 2.35. The molecule has 0 amide bonds. The summed E-state index contributed by atoms with van der Waals surface area (Å²) in [6, 6.07) is 23.3. The maximum absolute atomic E-state index is 2.30. The maximum atomic E-state index is 2.30. The van der Waals surface area contributed by atoms with E-state index in [1.165, 1.54) is 22.4 Å². The van der Waals surface area contributed by atoms with Crippen LogP contribution >= 0.6 is 0 Å². The van der Waals surface area contributed by atoms with E-state index >= 15 is 0 Å². The number of aryl methyl sites for hydroxylation is 1. The van der Waals surface area contributed by atoms with Crippen molar-refractivity contribution in [3.05, 3.63) is 84.2 Å². The van der Waals surface area contributed by atoms with E-state index in [0.717, 1.165) is 6.54 Å². The smallest absolute Gasteiger partial charge is 0.0472 e. The molecule has 0 saturated carbocycles. The summed E-state index contributed by atoms with van der Waals surface area (Å²) in [4.78, 5) is 0. The fourth-order valence-corrected chi connectivity index (χ4v) is 2.35. The highest BCUT2D eigenvalue weighted by atomic mass is 15.0. The minimum Gasteiger partial charge on any atom is -0.347 e. The Morgan fingerprint density at radius 1 is 0.789 bits per heavy atom. The van der Waals surface area contributed by atoms with Crippen molar-refractivity contribution in [2.75, 3.05) is 0 Å². The van der Waals surface area contributed by atoms with Crippen molar-refractivity contribution in [1.29, 1.82) is 0 Å². The molecule has 0 bridgehead atoms. The topological polar surface area (TPSA) is 4.93 Å². The molecule has 1 heteroatoms. The summed E-state index contributed by atoms with van der Waals surface area (Å²) in [6.45, 7) is 3.09. The lowest BCUT2D eigenvalue weighted by molar-refractivity contribution is 0.777. The average Bonchev–Trinajstić information content (AvgIpc) is 2.82. The first-order valence-electron chi connectivity index (χ1n) is 6.59.